The number of nitrogens with one attached hydrogen (secondary N) is 4. The van der Waals surface area contributed by atoms with Gasteiger partial charge in [0.1, 0.15) is 22.9 Å². The molecule has 0 saturated carbocycles. The van der Waals surface area contributed by atoms with Gasteiger partial charge in [0.15, 0.2) is 0 Å². The minimum atomic E-state index is 0.183. The van der Waals surface area contributed by atoms with Gasteiger partial charge in [-0.2, -0.15) is 0 Å². The summed E-state index contributed by atoms with van der Waals surface area (Å²) < 4.78 is 15.2. The van der Waals surface area contributed by atoms with Gasteiger partial charge < -0.3 is 60.3 Å². The van der Waals surface area contributed by atoms with Gasteiger partial charge in [-0.05, 0) is 173 Å². The maximum atomic E-state index is 10.6. The summed E-state index contributed by atoms with van der Waals surface area (Å²) in [5, 5.41) is 54.1. The molecule has 2 aliphatic heterocycles. The number of hydrogen-bond acceptors (Lipinski definition) is 16. The largest absolute Gasteiger partial charge is 0.506 e. The number of benzene rings is 4. The Balaban J connectivity index is 0.000000198. The number of aliphatic hydroxyl groups is 2. The Morgan fingerprint density at radius 2 is 0.902 bits per heavy atom. The molecule has 2 saturated heterocycles. The van der Waals surface area contributed by atoms with E-state index in [1.54, 1.807) is 12.1 Å². The van der Waals surface area contributed by atoms with E-state index in [-0.39, 0.29) is 24.7 Å². The summed E-state index contributed by atoms with van der Waals surface area (Å²) in [6.07, 6.45) is 5.15. The number of aliphatic hydroxyl groups excluding tert-OH is 2. The highest BCUT2D eigenvalue weighted by molar-refractivity contribution is 5.81. The fourth-order valence-electron chi connectivity index (χ4n) is 10.6. The average molecular weight is 1120 g/mol. The summed E-state index contributed by atoms with van der Waals surface area (Å²) in [6.45, 7) is 21.4. The van der Waals surface area contributed by atoms with Gasteiger partial charge in [-0.3, -0.25) is 19.8 Å². The maximum Gasteiger partial charge on any atom is 0.204 e. The minimum Gasteiger partial charge on any atom is -0.506 e. The van der Waals surface area contributed by atoms with Crippen LogP contribution in [0.2, 0.25) is 0 Å². The molecule has 6 heterocycles. The standard InChI is InChI=1S/2C32H42N6O3/c2*1-23-6-9-26(5-3-16-39)28(19-23)34-21-25-8-10-27-30(20-25)38(22-29-31(40)11-7-24(2)35-29)32(36-27)33-12-4-13-37-14-17-41-18-15-37/h2*6-11,19-20,34,39-40H,3-5,12-18,21-22H2,1-2H3,(H,33,36). The zero-order chi connectivity index (χ0) is 57.2. The van der Waals surface area contributed by atoms with Crippen LogP contribution in [0.4, 0.5) is 23.3 Å². The van der Waals surface area contributed by atoms with Crippen LogP contribution in [0.15, 0.2) is 97.1 Å². The molecule has 10 rings (SSSR count). The third-order valence-electron chi connectivity index (χ3n) is 15.2. The van der Waals surface area contributed by atoms with Crippen molar-refractivity contribution in [3.63, 3.8) is 0 Å². The highest BCUT2D eigenvalue weighted by Crippen LogP contribution is 2.29. The lowest BCUT2D eigenvalue weighted by Crippen LogP contribution is -2.37. The predicted molar refractivity (Wildman–Crippen MR) is 328 cm³/mol. The first-order valence-electron chi connectivity index (χ1n) is 29.3. The number of aryl methyl sites for hydroxylation is 6. The first kappa shape index (κ1) is 59.3. The van der Waals surface area contributed by atoms with E-state index in [2.05, 4.69) is 137 Å². The van der Waals surface area contributed by atoms with Crippen molar-refractivity contribution in [1.29, 1.82) is 0 Å². The highest BCUT2D eigenvalue weighted by Gasteiger charge is 2.19. The zero-order valence-corrected chi connectivity index (χ0v) is 48.4. The Labute approximate surface area is 482 Å². The van der Waals surface area contributed by atoms with Crippen LogP contribution in [-0.2, 0) is 48.5 Å². The smallest absolute Gasteiger partial charge is 0.204 e. The predicted octanol–water partition coefficient (Wildman–Crippen LogP) is 8.95. The molecule has 0 unspecified atom stereocenters. The molecule has 2 aliphatic rings. The molecule has 4 aromatic heterocycles. The minimum absolute atomic E-state index is 0.183. The van der Waals surface area contributed by atoms with Crippen molar-refractivity contribution in [2.45, 2.75) is 92.4 Å². The lowest BCUT2D eigenvalue weighted by atomic mass is 10.0. The molecule has 2 fully saturated rings. The van der Waals surface area contributed by atoms with Gasteiger partial charge in [0, 0.05) is 88.3 Å². The molecule has 4 aromatic carbocycles. The molecular weight excluding hydrogens is 1030 g/mol. The summed E-state index contributed by atoms with van der Waals surface area (Å²) in [5.41, 5.74) is 16.0. The van der Waals surface area contributed by atoms with Crippen molar-refractivity contribution >= 4 is 45.3 Å². The Morgan fingerprint density at radius 3 is 1.32 bits per heavy atom. The summed E-state index contributed by atoms with van der Waals surface area (Å²) in [4.78, 5) is 24.0. The number of fused-ring (bicyclic) bond motifs is 2. The SMILES string of the molecule is Cc1ccc(CCCO)c(NCc2ccc3nc(NCCCN4CCOCC4)n(Cc4nc(C)ccc4O)c3c2)c1.Cc1ccc(CCCO)c(NCc2ccc3nc(NCCCN4CCOCC4)n(Cc4nc(C)ccc4O)c3c2)c1. The highest BCUT2D eigenvalue weighted by atomic mass is 16.5. The fourth-order valence-corrected chi connectivity index (χ4v) is 10.6. The number of imidazole rings is 2. The lowest BCUT2D eigenvalue weighted by Gasteiger charge is -2.26. The molecule has 8 aromatic rings. The van der Waals surface area contributed by atoms with Crippen molar-refractivity contribution in [3.05, 3.63) is 153 Å². The van der Waals surface area contributed by atoms with Gasteiger partial charge in [0.05, 0.1) is 61.6 Å². The number of anilines is 4. The van der Waals surface area contributed by atoms with Crippen molar-refractivity contribution in [2.75, 3.05) is 113 Å². The molecule has 0 atom stereocenters. The molecule has 82 heavy (non-hydrogen) atoms. The summed E-state index contributed by atoms with van der Waals surface area (Å²) in [7, 11) is 0. The molecule has 18 heteroatoms. The normalized spacial score (nSPS) is 14.0. The Morgan fingerprint density at radius 1 is 0.476 bits per heavy atom. The van der Waals surface area contributed by atoms with Gasteiger partial charge in [0.25, 0.3) is 0 Å². The van der Waals surface area contributed by atoms with Crippen molar-refractivity contribution in [1.82, 2.24) is 38.9 Å². The molecule has 18 nitrogen and oxygen atoms in total. The summed E-state index contributed by atoms with van der Waals surface area (Å²) >= 11 is 0. The second-order valence-electron chi connectivity index (χ2n) is 21.7. The van der Waals surface area contributed by atoms with Crippen LogP contribution in [-0.4, -0.2) is 151 Å². The number of pyridine rings is 2. The molecule has 0 amide bonds. The van der Waals surface area contributed by atoms with E-state index in [4.69, 9.17) is 19.4 Å². The van der Waals surface area contributed by atoms with Crippen LogP contribution >= 0.6 is 0 Å². The molecular formula is C64H84N12O6. The van der Waals surface area contributed by atoms with E-state index in [9.17, 15) is 20.4 Å². The zero-order valence-electron chi connectivity index (χ0n) is 48.4. The van der Waals surface area contributed by atoms with E-state index in [1.165, 1.54) is 22.3 Å². The van der Waals surface area contributed by atoms with Crippen molar-refractivity contribution in [2.24, 2.45) is 0 Å². The fraction of sp³-hybridized carbons (Fsp3) is 0.438. The Bertz CT molecular complexity index is 3110. The van der Waals surface area contributed by atoms with Crippen molar-refractivity contribution < 1.29 is 29.9 Å². The molecule has 0 radical (unpaired) electrons. The van der Waals surface area contributed by atoms with Crippen LogP contribution in [0.3, 0.4) is 0 Å². The van der Waals surface area contributed by atoms with Gasteiger partial charge in [-0.1, -0.05) is 36.4 Å². The van der Waals surface area contributed by atoms with Crippen LogP contribution in [0.25, 0.3) is 22.1 Å². The van der Waals surface area contributed by atoms with Gasteiger partial charge in [0.2, 0.25) is 11.9 Å². The van der Waals surface area contributed by atoms with Gasteiger partial charge >= 0.3 is 0 Å². The molecule has 8 N–H and O–H groups in total. The molecule has 0 aliphatic carbocycles. The third-order valence-corrected chi connectivity index (χ3v) is 15.2. The number of aromatic nitrogens is 6. The number of hydrogen-bond donors (Lipinski definition) is 8. The molecule has 0 bridgehead atoms. The number of rotatable bonds is 26. The maximum absolute atomic E-state index is 10.6. The monoisotopic (exact) mass is 1120 g/mol. The van der Waals surface area contributed by atoms with E-state index in [0.717, 1.165) is 185 Å². The van der Waals surface area contributed by atoms with E-state index < -0.39 is 0 Å². The average Bonchev–Trinajstić information content (AvgIpc) is 4.25. The molecule has 436 valence electrons. The van der Waals surface area contributed by atoms with Crippen LogP contribution in [0.5, 0.6) is 11.5 Å². The van der Waals surface area contributed by atoms with E-state index in [1.807, 2.05) is 26.0 Å². The number of aromatic hydroxyl groups is 2. The summed E-state index contributed by atoms with van der Waals surface area (Å²) in [6, 6.07) is 32.6. The van der Waals surface area contributed by atoms with Crippen LogP contribution in [0, 0.1) is 27.7 Å². The quantitative estimate of drug-likeness (QED) is 0.0238. The van der Waals surface area contributed by atoms with E-state index >= 15 is 0 Å². The first-order valence-corrected chi connectivity index (χ1v) is 29.3. The summed E-state index contributed by atoms with van der Waals surface area (Å²) in [5.74, 6) is 1.92. The third kappa shape index (κ3) is 16.4. The number of morpholine rings is 2. The number of nitrogens with zero attached hydrogens (tertiary/aromatic N) is 8. The van der Waals surface area contributed by atoms with Crippen LogP contribution in [0.1, 0.15) is 81.8 Å². The number of ether oxygens (including phenoxy) is 2. The topological polar surface area (TPSA) is 215 Å². The van der Waals surface area contributed by atoms with Gasteiger partial charge in [-0.25, -0.2) is 9.97 Å². The van der Waals surface area contributed by atoms with Gasteiger partial charge in [-0.15, -0.1) is 0 Å². The van der Waals surface area contributed by atoms with Crippen LogP contribution < -0.4 is 21.3 Å². The first-order chi connectivity index (χ1) is 40.0. The van der Waals surface area contributed by atoms with Crippen molar-refractivity contribution in [3.8, 4) is 11.5 Å². The Hall–Kier alpha value is -7.32. The lowest BCUT2D eigenvalue weighted by molar-refractivity contribution is 0.0378. The second kappa shape index (κ2) is 29.6. The molecule has 0 spiro atoms. The Kier molecular flexibility index (Phi) is 21.4. The second-order valence-corrected chi connectivity index (χ2v) is 21.7. The van der Waals surface area contributed by atoms with E-state index in [0.29, 0.717) is 37.6 Å².